The van der Waals surface area contributed by atoms with E-state index in [0.29, 0.717) is 63.4 Å². The van der Waals surface area contributed by atoms with Crippen LogP contribution in [0.2, 0.25) is 0 Å². The van der Waals surface area contributed by atoms with Crippen molar-refractivity contribution in [2.45, 2.75) is 173 Å². The molecule has 4 aliphatic rings. The fraction of sp³-hybridized carbons (Fsp3) is 0.818. The van der Waals surface area contributed by atoms with Gasteiger partial charge in [-0.3, -0.25) is 14.4 Å². The Morgan fingerprint density at radius 1 is 0.895 bits per heavy atom. The molecule has 1 amide bonds. The quantitative estimate of drug-likeness (QED) is 0.181. The first-order valence-electron chi connectivity index (χ1n) is 21.3. The molecule has 3 fully saturated rings. The van der Waals surface area contributed by atoms with Crippen LogP contribution in [0.5, 0.6) is 0 Å². The summed E-state index contributed by atoms with van der Waals surface area (Å²) in [6.07, 6.45) is 4.09. The van der Waals surface area contributed by atoms with Crippen LogP contribution in [-0.4, -0.2) is 126 Å². The molecule has 4 rings (SSSR count). The molecule has 0 radical (unpaired) electrons. The molecule has 324 valence electrons. The van der Waals surface area contributed by atoms with Gasteiger partial charge in [-0.2, -0.15) is 0 Å². The number of carbonyl (C=O) groups excluding carboxylic acids is 4. The number of Topliss-reactive ketones (excluding diaryl/α,β-unsaturated/α-hetero) is 2. The molecule has 0 aromatic carbocycles. The Labute approximate surface area is 339 Å². The lowest BCUT2D eigenvalue weighted by Crippen LogP contribution is -2.65. The van der Waals surface area contributed by atoms with E-state index in [9.17, 15) is 34.5 Å². The molecule has 0 spiro atoms. The summed E-state index contributed by atoms with van der Waals surface area (Å²) in [5, 5.41) is 34.3. The molecule has 0 aromatic heterocycles. The second-order valence-electron chi connectivity index (χ2n) is 17.4. The van der Waals surface area contributed by atoms with Gasteiger partial charge in [-0.15, -0.1) is 0 Å². The number of ketones is 2. The number of fused-ring (bicyclic) bond motifs is 3. The topological polar surface area (TPSA) is 178 Å². The van der Waals surface area contributed by atoms with E-state index >= 15 is 0 Å². The average molecular weight is 806 g/mol. The van der Waals surface area contributed by atoms with Crippen molar-refractivity contribution in [1.82, 2.24) is 4.90 Å². The summed E-state index contributed by atoms with van der Waals surface area (Å²) in [6.45, 7) is 11.5. The molecule has 1 aliphatic carbocycles. The number of methoxy groups -OCH3 is 3. The first kappa shape index (κ1) is 47.2. The summed E-state index contributed by atoms with van der Waals surface area (Å²) < 4.78 is 29.9. The number of esters is 1. The maximum atomic E-state index is 14.4. The highest BCUT2D eigenvalue weighted by atomic mass is 16.7. The van der Waals surface area contributed by atoms with Gasteiger partial charge in [-0.05, 0) is 102 Å². The summed E-state index contributed by atoms with van der Waals surface area (Å²) in [5.41, 5.74) is 1.66. The minimum absolute atomic E-state index is 0.000471. The average Bonchev–Trinajstić information content (AvgIpc) is 3.20. The number of carbonyl (C=O) groups is 4. The van der Waals surface area contributed by atoms with Gasteiger partial charge in [-0.1, -0.05) is 45.4 Å². The number of hydrogen-bond acceptors (Lipinski definition) is 12. The van der Waals surface area contributed by atoms with E-state index in [2.05, 4.69) is 6.92 Å². The second-order valence-corrected chi connectivity index (χ2v) is 17.4. The largest absolute Gasteiger partial charge is 0.456 e. The van der Waals surface area contributed by atoms with Gasteiger partial charge >= 0.3 is 5.97 Å². The van der Waals surface area contributed by atoms with Crippen LogP contribution in [-0.2, 0) is 42.9 Å². The molecule has 3 N–H and O–H groups in total. The van der Waals surface area contributed by atoms with Gasteiger partial charge in [0.2, 0.25) is 5.79 Å². The molecule has 13 heteroatoms. The fourth-order valence-electron chi connectivity index (χ4n) is 9.71. The Morgan fingerprint density at radius 2 is 1.56 bits per heavy atom. The van der Waals surface area contributed by atoms with Crippen molar-refractivity contribution < 1.29 is 58.2 Å². The zero-order chi connectivity index (χ0) is 42.2. The first-order chi connectivity index (χ1) is 27.0. The van der Waals surface area contributed by atoms with Gasteiger partial charge < -0.3 is 43.9 Å². The number of hydrogen-bond donors (Lipinski definition) is 3. The molecule has 13 nitrogen and oxygen atoms in total. The summed E-state index contributed by atoms with van der Waals surface area (Å²) >= 11 is 0. The minimum Gasteiger partial charge on any atom is -0.456 e. The SMILES string of the molecule is CC[C@@H]1C[C@H](OC)[C@@H]2O[C@@]1(O)C(=O)C(=O)N1CCCC[C@H]1C(=O)O[C@H](/C(C)=C/[C@@H]1CC[C@H](O)[C@H](OC)C1)[C@H](C)[C@@H](O)CC(=O)[C@H](CC)/C=C(\C)C[C@H](C)C[C@@H]2OC. The molecule has 2 saturated heterocycles. The number of aliphatic hydroxyl groups excluding tert-OH is 2. The molecular weight excluding hydrogens is 734 g/mol. The van der Waals surface area contributed by atoms with E-state index in [1.54, 1.807) is 21.1 Å². The Bertz CT molecular complexity index is 1450. The minimum atomic E-state index is -2.49. The van der Waals surface area contributed by atoms with Crippen LogP contribution < -0.4 is 0 Å². The van der Waals surface area contributed by atoms with Crippen LogP contribution in [0.3, 0.4) is 0 Å². The highest BCUT2D eigenvalue weighted by Gasteiger charge is 2.57. The summed E-state index contributed by atoms with van der Waals surface area (Å²) in [4.78, 5) is 58.0. The molecule has 14 atom stereocenters. The van der Waals surface area contributed by atoms with Gasteiger partial charge in [0.05, 0.1) is 30.5 Å². The number of amides is 1. The van der Waals surface area contributed by atoms with Crippen LogP contribution in [0, 0.1) is 29.6 Å². The number of nitrogens with zero attached hydrogens (tertiary/aromatic N) is 1. The molecule has 1 saturated carbocycles. The predicted molar refractivity (Wildman–Crippen MR) is 213 cm³/mol. The number of allylic oxidation sites excluding steroid dienone is 3. The highest BCUT2D eigenvalue weighted by molar-refractivity contribution is 6.39. The van der Waals surface area contributed by atoms with Crippen LogP contribution in [0.1, 0.15) is 119 Å². The van der Waals surface area contributed by atoms with Gasteiger partial charge in [0.1, 0.15) is 24.0 Å². The van der Waals surface area contributed by atoms with Crippen molar-refractivity contribution in [2.24, 2.45) is 29.6 Å². The van der Waals surface area contributed by atoms with Gasteiger partial charge in [-0.25, -0.2) is 4.79 Å². The third kappa shape index (κ3) is 11.2. The molecule has 3 aliphatic heterocycles. The number of ether oxygens (including phenoxy) is 5. The molecular formula is C44H71NO12. The summed E-state index contributed by atoms with van der Waals surface area (Å²) in [6, 6.07) is -1.13. The van der Waals surface area contributed by atoms with Crippen molar-refractivity contribution in [2.75, 3.05) is 27.9 Å². The first-order valence-corrected chi connectivity index (χ1v) is 21.3. The van der Waals surface area contributed by atoms with Crippen LogP contribution >= 0.6 is 0 Å². The number of piperidine rings is 1. The number of cyclic esters (lactones) is 1. The normalized spacial score (nSPS) is 41.1. The Hall–Kier alpha value is -2.52. The maximum absolute atomic E-state index is 14.4. The van der Waals surface area contributed by atoms with E-state index in [1.165, 1.54) is 12.0 Å². The third-order valence-electron chi connectivity index (χ3n) is 13.2. The van der Waals surface area contributed by atoms with Crippen molar-refractivity contribution >= 4 is 23.4 Å². The lowest BCUT2D eigenvalue weighted by atomic mass is 9.80. The number of rotatable bonds is 7. The molecule has 2 bridgehead atoms. The van der Waals surface area contributed by atoms with Crippen LogP contribution in [0.15, 0.2) is 23.3 Å². The smallest absolute Gasteiger partial charge is 0.329 e. The van der Waals surface area contributed by atoms with Gasteiger partial charge in [0, 0.05) is 52.0 Å². The Balaban J connectivity index is 1.78. The lowest BCUT2D eigenvalue weighted by molar-refractivity contribution is -0.305. The lowest BCUT2D eigenvalue weighted by Gasteiger charge is -2.47. The van der Waals surface area contributed by atoms with Crippen molar-refractivity contribution in [3.8, 4) is 0 Å². The molecule has 57 heavy (non-hydrogen) atoms. The molecule has 0 aromatic rings. The van der Waals surface area contributed by atoms with E-state index in [1.807, 2.05) is 39.8 Å². The predicted octanol–water partition coefficient (Wildman–Crippen LogP) is 4.86. The summed E-state index contributed by atoms with van der Waals surface area (Å²) in [7, 11) is 4.65. The monoisotopic (exact) mass is 805 g/mol. The Kier molecular flexibility index (Phi) is 17.5. The highest BCUT2D eigenvalue weighted by Crippen LogP contribution is 2.41. The second kappa shape index (κ2) is 21.1. The zero-order valence-electron chi connectivity index (χ0n) is 35.8. The van der Waals surface area contributed by atoms with Crippen molar-refractivity contribution in [3.63, 3.8) is 0 Å². The molecule has 3 heterocycles. The van der Waals surface area contributed by atoms with E-state index < -0.39 is 83.9 Å². The van der Waals surface area contributed by atoms with Crippen LogP contribution in [0.4, 0.5) is 0 Å². The summed E-state index contributed by atoms with van der Waals surface area (Å²) in [5.74, 6) is -7.40. The maximum Gasteiger partial charge on any atom is 0.329 e. The standard InChI is InChI=1S/C44H71NO12/c1-10-30-19-25(3)18-26(4)20-37(54-8)40-38(55-9)23-31(11-2)44(52,57-40)41(49)42(50)45-17-13-12-14-32(45)43(51)56-39(28(6)34(47)24-35(30)48)27(5)21-29-15-16-33(46)36(22-29)53-7/h19,21,26,28-34,36-40,46-47,52H,10-18,20,22-24H2,1-9H3/b25-19+,27-21+/t26-,28+,29-,30+,31+,32-,33-,34-,36+,37-,38-,39+,40+,44+/m0/s1. The number of aliphatic hydroxyl groups is 3. The van der Waals surface area contributed by atoms with Crippen molar-refractivity contribution in [3.05, 3.63) is 23.3 Å². The fourth-order valence-corrected chi connectivity index (χ4v) is 9.71. The van der Waals surface area contributed by atoms with E-state index in [0.717, 1.165) is 5.57 Å². The third-order valence-corrected chi connectivity index (χ3v) is 13.2. The van der Waals surface area contributed by atoms with E-state index in [-0.39, 0.29) is 49.5 Å². The van der Waals surface area contributed by atoms with Crippen molar-refractivity contribution in [1.29, 1.82) is 0 Å². The van der Waals surface area contributed by atoms with E-state index in [4.69, 9.17) is 23.7 Å². The molecule has 0 unspecified atom stereocenters. The van der Waals surface area contributed by atoms with Crippen LogP contribution in [0.25, 0.3) is 0 Å². The zero-order valence-corrected chi connectivity index (χ0v) is 35.8. The van der Waals surface area contributed by atoms with Gasteiger partial charge in [0.25, 0.3) is 11.7 Å². The van der Waals surface area contributed by atoms with Gasteiger partial charge in [0.15, 0.2) is 0 Å². The Morgan fingerprint density at radius 3 is 2.19 bits per heavy atom.